The van der Waals surface area contributed by atoms with E-state index in [-0.39, 0.29) is 18.4 Å². The molecule has 22 heavy (non-hydrogen) atoms. The minimum absolute atomic E-state index is 0. The predicted molar refractivity (Wildman–Crippen MR) is 81.5 cm³/mol. The summed E-state index contributed by atoms with van der Waals surface area (Å²) in [5.41, 5.74) is 0. The highest BCUT2D eigenvalue weighted by atomic mass is 35.5. The Morgan fingerprint density at radius 2 is 1.64 bits per heavy atom. The Bertz CT molecular complexity index is 624. The van der Waals surface area contributed by atoms with E-state index in [1.807, 2.05) is 0 Å². The first-order valence-corrected chi connectivity index (χ1v) is 8.51. The first-order chi connectivity index (χ1) is 9.89. The van der Waals surface area contributed by atoms with Crippen LogP contribution in [0.5, 0.6) is 0 Å². The highest BCUT2D eigenvalue weighted by Crippen LogP contribution is 2.32. The van der Waals surface area contributed by atoms with Crippen LogP contribution in [0.15, 0.2) is 23.1 Å². The van der Waals surface area contributed by atoms with Gasteiger partial charge >= 0.3 is 0 Å². The molecule has 2 atom stereocenters. The Morgan fingerprint density at radius 3 is 2.14 bits per heavy atom. The van der Waals surface area contributed by atoms with Crippen LogP contribution in [0.1, 0.15) is 25.7 Å². The van der Waals surface area contributed by atoms with E-state index in [1.165, 1.54) is 7.05 Å². The number of sulfonamides is 1. The molecule has 1 aromatic rings. The van der Waals surface area contributed by atoms with Gasteiger partial charge in [-0.3, -0.25) is 0 Å². The van der Waals surface area contributed by atoms with Gasteiger partial charge in [0.25, 0.3) is 0 Å². The van der Waals surface area contributed by atoms with Crippen LogP contribution in [-0.4, -0.2) is 37.9 Å². The quantitative estimate of drug-likeness (QED) is 0.908. The second kappa shape index (κ2) is 6.39. The van der Waals surface area contributed by atoms with E-state index in [2.05, 4.69) is 5.32 Å². The Kier molecular flexibility index (Phi) is 5.11. The number of hydrogen-bond acceptors (Lipinski definition) is 3. The lowest BCUT2D eigenvalue weighted by molar-refractivity contribution is 0.250. The Balaban J connectivity index is 0.00000176. The second-order valence-electron chi connectivity index (χ2n) is 5.84. The molecule has 0 saturated carbocycles. The molecule has 1 aromatic carbocycles. The Hall–Kier alpha value is -0.760. The maximum atomic E-state index is 13.8. The third-order valence-electron chi connectivity index (χ3n) is 4.52. The van der Waals surface area contributed by atoms with Gasteiger partial charge in [0, 0.05) is 25.2 Å². The fourth-order valence-electron chi connectivity index (χ4n) is 3.39. The van der Waals surface area contributed by atoms with E-state index in [9.17, 15) is 17.2 Å². The van der Waals surface area contributed by atoms with Crippen LogP contribution in [0.3, 0.4) is 0 Å². The molecule has 2 aliphatic rings. The molecule has 0 aliphatic carbocycles. The molecule has 2 bridgehead atoms. The van der Waals surface area contributed by atoms with Crippen LogP contribution < -0.4 is 5.32 Å². The minimum atomic E-state index is -4.16. The number of benzene rings is 1. The SMILES string of the molecule is CN(C1CC2CCC(C1)N2)S(=O)(=O)c1c(F)cccc1F.Cl. The molecule has 124 valence electrons. The van der Waals surface area contributed by atoms with Gasteiger partial charge in [-0.15, -0.1) is 12.4 Å². The maximum absolute atomic E-state index is 13.8. The van der Waals surface area contributed by atoms with Gasteiger partial charge in [0.2, 0.25) is 10.0 Å². The number of hydrogen-bond donors (Lipinski definition) is 1. The summed E-state index contributed by atoms with van der Waals surface area (Å²) < 4.78 is 53.8. The fourth-order valence-corrected chi connectivity index (χ4v) is 4.87. The van der Waals surface area contributed by atoms with Crippen molar-refractivity contribution in [2.75, 3.05) is 7.05 Å². The molecule has 2 heterocycles. The molecule has 0 spiro atoms. The van der Waals surface area contributed by atoms with Crippen LogP contribution in [0, 0.1) is 11.6 Å². The average Bonchev–Trinajstić information content (AvgIpc) is 2.76. The lowest BCUT2D eigenvalue weighted by atomic mass is 10.0. The molecule has 2 fully saturated rings. The van der Waals surface area contributed by atoms with Crippen molar-refractivity contribution in [2.45, 2.75) is 48.7 Å². The maximum Gasteiger partial charge on any atom is 0.248 e. The summed E-state index contributed by atoms with van der Waals surface area (Å²) in [6, 6.07) is 3.49. The molecule has 2 aliphatic heterocycles. The molecule has 2 saturated heterocycles. The molecular weight excluding hydrogens is 334 g/mol. The smallest absolute Gasteiger partial charge is 0.248 e. The van der Waals surface area contributed by atoms with Gasteiger partial charge in [-0.2, -0.15) is 4.31 Å². The van der Waals surface area contributed by atoms with Crippen LogP contribution in [0.2, 0.25) is 0 Å². The fraction of sp³-hybridized carbons (Fsp3) is 0.571. The first kappa shape index (κ1) is 17.6. The van der Waals surface area contributed by atoms with E-state index >= 15 is 0 Å². The lowest BCUT2D eigenvalue weighted by Crippen LogP contribution is -2.48. The van der Waals surface area contributed by atoms with Crippen molar-refractivity contribution in [3.8, 4) is 0 Å². The number of nitrogens with zero attached hydrogens (tertiary/aromatic N) is 1. The van der Waals surface area contributed by atoms with Crippen molar-refractivity contribution in [3.05, 3.63) is 29.8 Å². The number of piperidine rings is 1. The monoisotopic (exact) mass is 352 g/mol. The molecular formula is C14H19ClF2N2O2S. The summed E-state index contributed by atoms with van der Waals surface area (Å²) >= 11 is 0. The number of fused-ring (bicyclic) bond motifs is 2. The second-order valence-corrected chi connectivity index (χ2v) is 7.77. The van der Waals surface area contributed by atoms with Crippen molar-refractivity contribution in [1.29, 1.82) is 0 Å². The van der Waals surface area contributed by atoms with Crippen LogP contribution in [-0.2, 0) is 10.0 Å². The summed E-state index contributed by atoms with van der Waals surface area (Å²) in [5.74, 6) is -2.09. The summed E-state index contributed by atoms with van der Waals surface area (Å²) in [7, 11) is -2.75. The zero-order valence-corrected chi connectivity index (χ0v) is 13.8. The van der Waals surface area contributed by atoms with Gasteiger partial charge in [-0.25, -0.2) is 17.2 Å². The van der Waals surface area contributed by atoms with Crippen LogP contribution >= 0.6 is 12.4 Å². The van der Waals surface area contributed by atoms with E-state index in [0.29, 0.717) is 24.9 Å². The van der Waals surface area contributed by atoms with Gasteiger partial charge in [-0.1, -0.05) is 6.07 Å². The van der Waals surface area contributed by atoms with Crippen LogP contribution in [0.4, 0.5) is 8.78 Å². The normalized spacial score (nSPS) is 27.7. The third-order valence-corrected chi connectivity index (χ3v) is 6.48. The van der Waals surface area contributed by atoms with Gasteiger partial charge in [0.05, 0.1) is 0 Å². The molecule has 0 amide bonds. The summed E-state index contributed by atoms with van der Waals surface area (Å²) in [5, 5.41) is 3.42. The zero-order chi connectivity index (χ0) is 15.2. The molecule has 1 N–H and O–H groups in total. The van der Waals surface area contributed by atoms with Gasteiger partial charge in [0.15, 0.2) is 4.90 Å². The lowest BCUT2D eigenvalue weighted by Gasteiger charge is -2.34. The van der Waals surface area contributed by atoms with Gasteiger partial charge in [0.1, 0.15) is 11.6 Å². The molecule has 3 rings (SSSR count). The average molecular weight is 353 g/mol. The van der Waals surface area contributed by atoms with E-state index in [0.717, 1.165) is 35.3 Å². The number of nitrogens with one attached hydrogen (secondary N) is 1. The third kappa shape index (κ3) is 2.99. The molecule has 4 nitrogen and oxygen atoms in total. The summed E-state index contributed by atoms with van der Waals surface area (Å²) in [6.45, 7) is 0. The van der Waals surface area contributed by atoms with E-state index in [4.69, 9.17) is 0 Å². The van der Waals surface area contributed by atoms with Crippen molar-refractivity contribution in [1.82, 2.24) is 9.62 Å². The predicted octanol–water partition coefficient (Wildman–Crippen LogP) is 2.29. The standard InChI is InChI=1S/C14H18F2N2O2S.ClH/c1-18(11-7-9-5-6-10(8-11)17-9)21(19,20)14-12(15)3-2-4-13(14)16;/h2-4,9-11,17H,5-8H2,1H3;1H. The summed E-state index contributed by atoms with van der Waals surface area (Å²) in [4.78, 5) is -0.849. The highest BCUT2D eigenvalue weighted by Gasteiger charge is 2.40. The Morgan fingerprint density at radius 1 is 1.14 bits per heavy atom. The molecule has 0 aromatic heterocycles. The van der Waals surface area contributed by atoms with Crippen LogP contribution in [0.25, 0.3) is 0 Å². The van der Waals surface area contributed by atoms with Crippen molar-refractivity contribution < 1.29 is 17.2 Å². The highest BCUT2D eigenvalue weighted by molar-refractivity contribution is 7.89. The van der Waals surface area contributed by atoms with Gasteiger partial charge in [-0.05, 0) is 37.8 Å². The van der Waals surface area contributed by atoms with E-state index in [1.54, 1.807) is 0 Å². The number of rotatable bonds is 3. The van der Waals surface area contributed by atoms with E-state index < -0.39 is 26.6 Å². The topological polar surface area (TPSA) is 49.4 Å². The Labute approximate surface area is 135 Å². The minimum Gasteiger partial charge on any atom is -0.311 e. The van der Waals surface area contributed by atoms with Gasteiger partial charge < -0.3 is 5.32 Å². The van der Waals surface area contributed by atoms with Crippen molar-refractivity contribution in [2.24, 2.45) is 0 Å². The number of halogens is 3. The van der Waals surface area contributed by atoms with Crippen molar-refractivity contribution >= 4 is 22.4 Å². The molecule has 8 heteroatoms. The first-order valence-electron chi connectivity index (χ1n) is 7.07. The largest absolute Gasteiger partial charge is 0.311 e. The zero-order valence-electron chi connectivity index (χ0n) is 12.1. The molecule has 0 radical (unpaired) electrons. The van der Waals surface area contributed by atoms with Crippen molar-refractivity contribution in [3.63, 3.8) is 0 Å². The summed E-state index contributed by atoms with van der Waals surface area (Å²) in [6.07, 6.45) is 3.43. The molecule has 2 unspecified atom stereocenters.